The Morgan fingerprint density at radius 2 is 1.51 bits per heavy atom. The molecule has 2 aliphatic heterocycles. The molecule has 216 valence electrons. The maximum atomic E-state index is 12.5. The highest BCUT2D eigenvalue weighted by Crippen LogP contribution is 2.40. The number of carbonyl (C=O) groups is 3. The average Bonchev–Trinajstić information content (AvgIpc) is 3.39. The highest BCUT2D eigenvalue weighted by atomic mass is 19.4. The zero-order valence-electron chi connectivity index (χ0n) is 20.7. The van der Waals surface area contributed by atoms with E-state index in [2.05, 4.69) is 32.1 Å². The molecule has 2 saturated heterocycles. The predicted molar refractivity (Wildman–Crippen MR) is 122 cm³/mol. The van der Waals surface area contributed by atoms with E-state index < -0.39 is 24.3 Å². The van der Waals surface area contributed by atoms with Gasteiger partial charge in [-0.1, -0.05) is 6.07 Å². The summed E-state index contributed by atoms with van der Waals surface area (Å²) < 4.78 is 65.3. The minimum Gasteiger partial charge on any atom is -0.475 e. The number of amides is 1. The summed E-state index contributed by atoms with van der Waals surface area (Å²) in [5, 5.41) is 18.5. The number of rotatable bonds is 4. The Hall–Kier alpha value is -3.69. The number of nitrogens with zero attached hydrogens (tertiary/aromatic N) is 5. The lowest BCUT2D eigenvalue weighted by atomic mass is 9.84. The molecule has 4 rings (SSSR count). The average molecular weight is 567 g/mol. The molecule has 0 atom stereocenters. The highest BCUT2D eigenvalue weighted by Gasteiger charge is 2.46. The second-order valence-corrected chi connectivity index (χ2v) is 8.97. The summed E-state index contributed by atoms with van der Waals surface area (Å²) in [6.07, 6.45) is 1.30. The third kappa shape index (κ3) is 9.53. The van der Waals surface area contributed by atoms with Gasteiger partial charge in [-0.15, -0.1) is 0 Å². The molecule has 0 radical (unpaired) electrons. The summed E-state index contributed by atoms with van der Waals surface area (Å²) in [4.78, 5) is 39.1. The molecule has 10 nitrogen and oxygen atoms in total. The van der Waals surface area contributed by atoms with Gasteiger partial charge >= 0.3 is 24.3 Å². The number of likely N-dealkylation sites (tertiary alicyclic amines) is 2. The molecule has 39 heavy (non-hydrogen) atoms. The number of aliphatic carboxylic acids is 2. The molecule has 2 aromatic heterocycles. The van der Waals surface area contributed by atoms with Crippen molar-refractivity contribution < 1.29 is 50.9 Å². The molecule has 0 unspecified atom stereocenters. The van der Waals surface area contributed by atoms with Crippen LogP contribution in [0.3, 0.4) is 0 Å². The zero-order valence-corrected chi connectivity index (χ0v) is 20.7. The smallest absolute Gasteiger partial charge is 0.475 e. The van der Waals surface area contributed by atoms with E-state index in [1.807, 2.05) is 30.2 Å². The molecule has 0 aromatic carbocycles. The van der Waals surface area contributed by atoms with E-state index in [0.29, 0.717) is 18.9 Å². The molecule has 4 heterocycles. The van der Waals surface area contributed by atoms with Gasteiger partial charge in [0.25, 0.3) is 0 Å². The fourth-order valence-electron chi connectivity index (χ4n) is 4.26. The van der Waals surface area contributed by atoms with Crippen molar-refractivity contribution in [1.29, 1.82) is 0 Å². The summed E-state index contributed by atoms with van der Waals surface area (Å²) in [6, 6.07) is 4.00. The van der Waals surface area contributed by atoms with Gasteiger partial charge in [-0.2, -0.15) is 31.4 Å². The van der Waals surface area contributed by atoms with Crippen molar-refractivity contribution >= 4 is 17.8 Å². The van der Waals surface area contributed by atoms with E-state index in [0.717, 1.165) is 44.5 Å². The summed E-state index contributed by atoms with van der Waals surface area (Å²) in [7, 11) is 1.95. The maximum Gasteiger partial charge on any atom is 0.490 e. The van der Waals surface area contributed by atoms with Crippen molar-refractivity contribution in [2.24, 2.45) is 7.05 Å². The van der Waals surface area contributed by atoms with Crippen LogP contribution in [0.15, 0.2) is 36.9 Å². The van der Waals surface area contributed by atoms with Gasteiger partial charge in [-0.3, -0.25) is 19.4 Å². The van der Waals surface area contributed by atoms with Gasteiger partial charge in [0.05, 0.1) is 6.20 Å². The lowest BCUT2D eigenvalue weighted by Crippen LogP contribution is -2.52. The molecule has 2 aromatic rings. The molecular formula is C23H27F6N5O5. The zero-order chi connectivity index (χ0) is 29.4. The Bertz CT molecular complexity index is 1090. The number of aromatic nitrogens is 3. The monoisotopic (exact) mass is 567 g/mol. The molecule has 16 heteroatoms. The van der Waals surface area contributed by atoms with Gasteiger partial charge in [-0.25, -0.2) is 9.59 Å². The van der Waals surface area contributed by atoms with E-state index in [4.69, 9.17) is 19.8 Å². The first-order chi connectivity index (χ1) is 18.0. The number of piperidine rings is 1. The predicted octanol–water partition coefficient (Wildman–Crippen LogP) is 3.24. The molecular weight excluding hydrogens is 540 g/mol. The number of carboxylic acids is 2. The van der Waals surface area contributed by atoms with Gasteiger partial charge in [0.2, 0.25) is 5.91 Å². The normalized spacial score (nSPS) is 17.2. The van der Waals surface area contributed by atoms with Crippen molar-refractivity contribution in [3.63, 3.8) is 0 Å². The number of hydrogen-bond donors (Lipinski definition) is 2. The fourth-order valence-corrected chi connectivity index (χ4v) is 4.26. The number of alkyl halides is 6. The van der Waals surface area contributed by atoms with Crippen LogP contribution in [-0.2, 0) is 34.5 Å². The maximum absolute atomic E-state index is 12.5. The largest absolute Gasteiger partial charge is 0.490 e. The molecule has 2 aliphatic rings. The van der Waals surface area contributed by atoms with Crippen LogP contribution in [0.25, 0.3) is 0 Å². The Morgan fingerprint density at radius 3 is 1.95 bits per heavy atom. The summed E-state index contributed by atoms with van der Waals surface area (Å²) in [5.74, 6) is -5.22. The second-order valence-electron chi connectivity index (χ2n) is 8.97. The first-order valence-electron chi connectivity index (χ1n) is 11.5. The van der Waals surface area contributed by atoms with Crippen LogP contribution in [0, 0.1) is 0 Å². The second kappa shape index (κ2) is 12.9. The van der Waals surface area contributed by atoms with Crippen LogP contribution in [0.4, 0.5) is 26.3 Å². The van der Waals surface area contributed by atoms with E-state index in [1.165, 1.54) is 5.56 Å². The van der Waals surface area contributed by atoms with Crippen molar-refractivity contribution in [3.05, 3.63) is 48.0 Å². The number of carbonyl (C=O) groups excluding carboxylic acids is 1. The van der Waals surface area contributed by atoms with Gasteiger partial charge in [0, 0.05) is 69.3 Å². The Balaban J connectivity index is 0.000000317. The van der Waals surface area contributed by atoms with Crippen molar-refractivity contribution in [1.82, 2.24) is 24.6 Å². The minimum absolute atomic E-state index is 0.0400. The molecule has 0 bridgehead atoms. The highest BCUT2D eigenvalue weighted by molar-refractivity contribution is 5.79. The van der Waals surface area contributed by atoms with Crippen LogP contribution in [-0.4, -0.2) is 83.6 Å². The van der Waals surface area contributed by atoms with Crippen LogP contribution in [0.2, 0.25) is 0 Å². The van der Waals surface area contributed by atoms with Crippen LogP contribution < -0.4 is 0 Å². The summed E-state index contributed by atoms with van der Waals surface area (Å²) in [5.41, 5.74) is 2.42. The van der Waals surface area contributed by atoms with Crippen molar-refractivity contribution in [3.8, 4) is 0 Å². The quantitative estimate of drug-likeness (QED) is 0.539. The molecule has 1 spiro atoms. The topological polar surface area (TPSA) is 129 Å². The standard InChI is InChI=1S/C19H25N5O.2C2HF3O2/c1-22-13-17(12-21-22)14-23-9-6-19(7-10-23)5-4-18(25)24(19)15-16-3-2-8-20-11-16;2*3-2(4,5)1(6)7/h2-3,8,11-13H,4-7,9-10,14-15H2,1H3;2*(H,6,7). The SMILES string of the molecule is Cn1cc(CN2CCC3(CCC(=O)N3Cc3cccnc3)CC2)cn1.O=C(O)C(F)(F)F.O=C(O)C(F)(F)F. The van der Waals surface area contributed by atoms with E-state index in [-0.39, 0.29) is 5.54 Å². The lowest BCUT2D eigenvalue weighted by molar-refractivity contribution is -0.193. The van der Waals surface area contributed by atoms with Crippen LogP contribution in [0.1, 0.15) is 36.8 Å². The van der Waals surface area contributed by atoms with Gasteiger partial charge in [-0.05, 0) is 30.9 Å². The fraction of sp³-hybridized carbons (Fsp3) is 0.522. The molecule has 1 amide bonds. The third-order valence-electron chi connectivity index (χ3n) is 6.18. The first-order valence-corrected chi connectivity index (χ1v) is 11.5. The Kier molecular flexibility index (Phi) is 10.4. The minimum atomic E-state index is -5.08. The summed E-state index contributed by atoms with van der Waals surface area (Å²) in [6.45, 7) is 3.70. The molecule has 2 N–H and O–H groups in total. The molecule has 0 aliphatic carbocycles. The number of pyridine rings is 1. The van der Waals surface area contributed by atoms with Gasteiger partial charge in [0.15, 0.2) is 0 Å². The van der Waals surface area contributed by atoms with Gasteiger partial charge in [0.1, 0.15) is 0 Å². The third-order valence-corrected chi connectivity index (χ3v) is 6.18. The number of halogens is 6. The molecule has 2 fully saturated rings. The van der Waals surface area contributed by atoms with Crippen LogP contribution >= 0.6 is 0 Å². The number of carboxylic acid groups (broad SMARTS) is 2. The Morgan fingerprint density at radius 1 is 0.949 bits per heavy atom. The summed E-state index contributed by atoms with van der Waals surface area (Å²) >= 11 is 0. The molecule has 0 saturated carbocycles. The van der Waals surface area contributed by atoms with E-state index >= 15 is 0 Å². The number of aryl methyl sites for hydroxylation is 1. The first kappa shape index (κ1) is 31.5. The Labute approximate surface area is 218 Å². The van der Waals surface area contributed by atoms with Crippen LogP contribution in [0.5, 0.6) is 0 Å². The van der Waals surface area contributed by atoms with Gasteiger partial charge < -0.3 is 15.1 Å². The van der Waals surface area contributed by atoms with Crippen molar-refractivity contribution in [2.45, 2.75) is 56.7 Å². The van der Waals surface area contributed by atoms with E-state index in [9.17, 15) is 31.1 Å². The van der Waals surface area contributed by atoms with Crippen molar-refractivity contribution in [2.75, 3.05) is 13.1 Å². The number of hydrogen-bond acceptors (Lipinski definition) is 6. The van der Waals surface area contributed by atoms with E-state index in [1.54, 1.807) is 6.20 Å². The lowest BCUT2D eigenvalue weighted by Gasteiger charge is -2.45.